The summed E-state index contributed by atoms with van der Waals surface area (Å²) in [4.78, 5) is 47.4. The third-order valence-corrected chi connectivity index (χ3v) is 7.86. The Balaban J connectivity index is 1.05. The Morgan fingerprint density at radius 2 is 1.89 bits per heavy atom. The van der Waals surface area contributed by atoms with E-state index in [-0.39, 0.29) is 30.1 Å². The predicted molar refractivity (Wildman–Crippen MR) is 139 cm³/mol. The number of unbranched alkanes of at least 4 members (excludes halogenated alkanes) is 2. The molecule has 1 atom stereocenters. The van der Waals surface area contributed by atoms with E-state index in [4.69, 9.17) is 0 Å². The lowest BCUT2D eigenvalue weighted by molar-refractivity contribution is -0.132. The fourth-order valence-electron chi connectivity index (χ4n) is 5.74. The van der Waals surface area contributed by atoms with Crippen molar-refractivity contribution in [2.75, 3.05) is 45.8 Å². The SMILES string of the molecule is C=C1CCC(=O)N1CC(=O)CN1CCC(C(=O)NCCCCCN2CCC[C@H]2c2cccnc2)CC1. The number of ketones is 1. The highest BCUT2D eigenvalue weighted by Gasteiger charge is 2.29. The Kier molecular flexibility index (Phi) is 9.64. The minimum atomic E-state index is -0.00583. The van der Waals surface area contributed by atoms with Crippen LogP contribution in [0.25, 0.3) is 0 Å². The van der Waals surface area contributed by atoms with E-state index in [1.54, 1.807) is 0 Å². The van der Waals surface area contributed by atoms with Crippen molar-refractivity contribution in [2.45, 2.75) is 63.8 Å². The number of aromatic nitrogens is 1. The van der Waals surface area contributed by atoms with Crippen LogP contribution < -0.4 is 5.32 Å². The molecular formula is C28H41N5O3. The Hall–Kier alpha value is -2.58. The Labute approximate surface area is 215 Å². The van der Waals surface area contributed by atoms with Gasteiger partial charge in [0, 0.05) is 43.0 Å². The number of piperidine rings is 1. The molecule has 0 spiro atoms. The van der Waals surface area contributed by atoms with Crippen LogP contribution in [-0.4, -0.2) is 83.1 Å². The second-order valence-electron chi connectivity index (χ2n) is 10.5. The average Bonchev–Trinajstić information content (AvgIpc) is 3.49. The fourth-order valence-corrected chi connectivity index (χ4v) is 5.74. The molecule has 3 aliphatic heterocycles. The molecule has 1 N–H and O–H groups in total. The molecule has 1 aromatic heterocycles. The molecule has 196 valence electrons. The second kappa shape index (κ2) is 13.1. The maximum absolute atomic E-state index is 12.6. The van der Waals surface area contributed by atoms with Gasteiger partial charge >= 0.3 is 0 Å². The van der Waals surface area contributed by atoms with Crippen molar-refractivity contribution in [2.24, 2.45) is 5.92 Å². The summed E-state index contributed by atoms with van der Waals surface area (Å²) in [5, 5.41) is 3.13. The fraction of sp³-hybridized carbons (Fsp3) is 0.643. The van der Waals surface area contributed by atoms with E-state index in [1.165, 1.54) is 23.3 Å². The van der Waals surface area contributed by atoms with Crippen molar-refractivity contribution in [3.63, 3.8) is 0 Å². The van der Waals surface area contributed by atoms with Crippen LogP contribution in [0.2, 0.25) is 0 Å². The smallest absolute Gasteiger partial charge is 0.227 e. The third kappa shape index (κ3) is 7.23. The number of carbonyl (C=O) groups excluding carboxylic acids is 3. The highest BCUT2D eigenvalue weighted by atomic mass is 16.2. The Bertz CT molecular complexity index is 897. The number of hydrogen-bond acceptors (Lipinski definition) is 6. The standard InChI is InChI=1S/C28H41N5O3/c1-22-9-10-27(35)33(22)21-25(34)20-31-17-11-23(12-18-31)28(36)30-14-3-2-4-15-32-16-6-8-26(32)24-7-5-13-29-19-24/h5,7,13,19,23,26H,1-4,6,8-12,14-18,20-21H2,(H,30,36)/t26-/m0/s1. The van der Waals surface area contributed by atoms with E-state index in [9.17, 15) is 14.4 Å². The molecule has 8 nitrogen and oxygen atoms in total. The zero-order chi connectivity index (χ0) is 25.3. The topological polar surface area (TPSA) is 85.8 Å². The molecule has 4 rings (SSSR count). The van der Waals surface area contributed by atoms with Crippen LogP contribution in [-0.2, 0) is 14.4 Å². The average molecular weight is 496 g/mol. The van der Waals surface area contributed by atoms with Gasteiger partial charge in [-0.25, -0.2) is 0 Å². The normalized spacial score (nSPS) is 21.9. The molecule has 0 unspecified atom stereocenters. The summed E-state index contributed by atoms with van der Waals surface area (Å²) in [5.74, 6) is 0.209. The molecule has 36 heavy (non-hydrogen) atoms. The first-order valence-electron chi connectivity index (χ1n) is 13.6. The van der Waals surface area contributed by atoms with Gasteiger partial charge in [-0.15, -0.1) is 0 Å². The van der Waals surface area contributed by atoms with Crippen molar-refractivity contribution in [1.29, 1.82) is 0 Å². The van der Waals surface area contributed by atoms with E-state index in [0.29, 0.717) is 25.4 Å². The van der Waals surface area contributed by atoms with Crippen LogP contribution in [0.4, 0.5) is 0 Å². The van der Waals surface area contributed by atoms with Gasteiger partial charge in [0.05, 0.1) is 13.1 Å². The summed E-state index contributed by atoms with van der Waals surface area (Å²) in [5.41, 5.74) is 2.07. The van der Waals surface area contributed by atoms with Crippen LogP contribution in [0, 0.1) is 5.92 Å². The number of hydrogen-bond donors (Lipinski definition) is 1. The summed E-state index contributed by atoms with van der Waals surface area (Å²) < 4.78 is 0. The lowest BCUT2D eigenvalue weighted by atomic mass is 9.95. The molecule has 3 saturated heterocycles. The summed E-state index contributed by atoms with van der Waals surface area (Å²) >= 11 is 0. The van der Waals surface area contributed by atoms with Crippen LogP contribution in [0.3, 0.4) is 0 Å². The van der Waals surface area contributed by atoms with Gasteiger partial charge < -0.3 is 10.2 Å². The van der Waals surface area contributed by atoms with E-state index < -0.39 is 0 Å². The van der Waals surface area contributed by atoms with Gasteiger partial charge in [0.2, 0.25) is 11.8 Å². The van der Waals surface area contributed by atoms with E-state index >= 15 is 0 Å². The number of nitrogens with zero attached hydrogens (tertiary/aromatic N) is 4. The summed E-state index contributed by atoms with van der Waals surface area (Å²) in [7, 11) is 0. The summed E-state index contributed by atoms with van der Waals surface area (Å²) in [6.45, 7) is 8.82. The van der Waals surface area contributed by atoms with Crippen molar-refractivity contribution < 1.29 is 14.4 Å². The number of nitrogens with one attached hydrogen (secondary N) is 1. The van der Waals surface area contributed by atoms with Crippen LogP contribution in [0.1, 0.15) is 69.4 Å². The molecule has 2 amide bonds. The molecule has 8 heteroatoms. The lowest BCUT2D eigenvalue weighted by Gasteiger charge is -2.31. The number of rotatable bonds is 12. The largest absolute Gasteiger partial charge is 0.356 e. The first-order chi connectivity index (χ1) is 17.5. The van der Waals surface area contributed by atoms with Gasteiger partial charge in [0.25, 0.3) is 0 Å². The molecule has 0 saturated carbocycles. The molecule has 4 heterocycles. The molecule has 1 aromatic rings. The maximum Gasteiger partial charge on any atom is 0.227 e. The summed E-state index contributed by atoms with van der Waals surface area (Å²) in [6, 6.07) is 4.71. The lowest BCUT2D eigenvalue weighted by Crippen LogP contribution is -2.44. The van der Waals surface area contributed by atoms with Crippen molar-refractivity contribution >= 4 is 17.6 Å². The first kappa shape index (κ1) is 26.5. The predicted octanol–water partition coefficient (Wildman–Crippen LogP) is 2.92. The number of carbonyl (C=O) groups is 3. The molecular weight excluding hydrogens is 454 g/mol. The molecule has 3 fully saturated rings. The van der Waals surface area contributed by atoms with Gasteiger partial charge in [-0.3, -0.25) is 29.2 Å². The number of amides is 2. The maximum atomic E-state index is 12.6. The number of Topliss-reactive ketones (excluding diaryl/α,β-unsaturated/α-hetero) is 1. The molecule has 0 radical (unpaired) electrons. The van der Waals surface area contributed by atoms with Crippen LogP contribution in [0.5, 0.6) is 0 Å². The van der Waals surface area contributed by atoms with Crippen LogP contribution in [0.15, 0.2) is 36.8 Å². The van der Waals surface area contributed by atoms with Gasteiger partial charge in [0.1, 0.15) is 0 Å². The number of likely N-dealkylation sites (tertiary alicyclic amines) is 3. The molecule has 3 aliphatic rings. The zero-order valence-electron chi connectivity index (χ0n) is 21.5. The quantitative estimate of drug-likeness (QED) is 0.449. The Morgan fingerprint density at radius 3 is 2.61 bits per heavy atom. The molecule has 0 aromatic carbocycles. The van der Waals surface area contributed by atoms with Crippen LogP contribution >= 0.6 is 0 Å². The highest BCUT2D eigenvalue weighted by molar-refractivity contribution is 5.89. The highest BCUT2D eigenvalue weighted by Crippen LogP contribution is 2.31. The molecule has 0 bridgehead atoms. The molecule has 0 aliphatic carbocycles. The second-order valence-corrected chi connectivity index (χ2v) is 10.5. The monoisotopic (exact) mass is 495 g/mol. The Morgan fingerprint density at radius 1 is 1.06 bits per heavy atom. The minimum absolute atomic E-state index is 0.00583. The van der Waals surface area contributed by atoms with E-state index in [0.717, 1.165) is 70.5 Å². The number of allylic oxidation sites excluding steroid dienone is 1. The van der Waals surface area contributed by atoms with Gasteiger partial charge in [-0.05, 0) is 82.8 Å². The number of pyridine rings is 1. The van der Waals surface area contributed by atoms with E-state index in [2.05, 4.69) is 32.7 Å². The summed E-state index contributed by atoms with van der Waals surface area (Å²) in [6.07, 6.45) is 12.2. The van der Waals surface area contributed by atoms with Crippen molar-refractivity contribution in [3.8, 4) is 0 Å². The van der Waals surface area contributed by atoms with Crippen molar-refractivity contribution in [3.05, 3.63) is 42.4 Å². The zero-order valence-corrected chi connectivity index (χ0v) is 21.5. The van der Waals surface area contributed by atoms with Gasteiger partial charge in [-0.1, -0.05) is 19.1 Å². The van der Waals surface area contributed by atoms with Gasteiger partial charge in [0.15, 0.2) is 5.78 Å². The van der Waals surface area contributed by atoms with Crippen molar-refractivity contribution in [1.82, 2.24) is 25.0 Å². The van der Waals surface area contributed by atoms with Gasteiger partial charge in [-0.2, -0.15) is 0 Å². The first-order valence-corrected chi connectivity index (χ1v) is 13.6. The van der Waals surface area contributed by atoms with E-state index in [1.807, 2.05) is 18.5 Å². The third-order valence-electron chi connectivity index (χ3n) is 7.86. The minimum Gasteiger partial charge on any atom is -0.356 e.